The van der Waals surface area contributed by atoms with Crippen LogP contribution in [0.5, 0.6) is 0 Å². The van der Waals surface area contributed by atoms with Crippen molar-refractivity contribution in [3.05, 3.63) is 45.6 Å². The van der Waals surface area contributed by atoms with Crippen molar-refractivity contribution in [2.24, 2.45) is 0 Å². The van der Waals surface area contributed by atoms with Gasteiger partial charge in [-0.1, -0.05) is 12.1 Å². The predicted octanol–water partition coefficient (Wildman–Crippen LogP) is 3.58. The summed E-state index contributed by atoms with van der Waals surface area (Å²) in [5.41, 5.74) is 10.6. The second-order valence-electron chi connectivity index (χ2n) is 4.40. The summed E-state index contributed by atoms with van der Waals surface area (Å²) in [6.07, 6.45) is 0. The lowest BCUT2D eigenvalue weighted by atomic mass is 10.1. The Morgan fingerprint density at radius 1 is 1.18 bits per heavy atom. The Bertz CT molecular complexity index is 496. The molecule has 0 aliphatic carbocycles. The van der Waals surface area contributed by atoms with Crippen molar-refractivity contribution >= 4 is 22.7 Å². The average molecular weight is 246 g/mol. The molecule has 3 heteroatoms. The van der Waals surface area contributed by atoms with E-state index in [1.165, 1.54) is 16.0 Å². The Morgan fingerprint density at radius 3 is 2.53 bits per heavy atom. The van der Waals surface area contributed by atoms with E-state index in [9.17, 15) is 0 Å². The fraction of sp³-hybridized carbons (Fsp3) is 0.286. The quantitative estimate of drug-likeness (QED) is 0.839. The van der Waals surface area contributed by atoms with E-state index in [-0.39, 0.29) is 0 Å². The number of thiophene rings is 1. The van der Waals surface area contributed by atoms with Crippen LogP contribution in [0.1, 0.15) is 16.0 Å². The molecule has 0 spiro atoms. The highest BCUT2D eigenvalue weighted by Gasteiger charge is 2.10. The van der Waals surface area contributed by atoms with E-state index in [4.69, 9.17) is 5.73 Å². The molecule has 2 aromatic rings. The van der Waals surface area contributed by atoms with Crippen LogP contribution in [0, 0.1) is 13.8 Å². The molecule has 0 amide bonds. The van der Waals surface area contributed by atoms with Crippen LogP contribution in [0.3, 0.4) is 0 Å². The topological polar surface area (TPSA) is 29.3 Å². The number of aryl methyl sites for hydroxylation is 2. The predicted molar refractivity (Wildman–Crippen MR) is 76.8 cm³/mol. The summed E-state index contributed by atoms with van der Waals surface area (Å²) < 4.78 is 0. The summed E-state index contributed by atoms with van der Waals surface area (Å²) in [5, 5.41) is 2.14. The van der Waals surface area contributed by atoms with E-state index < -0.39 is 0 Å². The molecule has 90 valence electrons. The third kappa shape index (κ3) is 2.44. The molecular formula is C14H18N2S. The molecule has 0 unspecified atom stereocenters. The second kappa shape index (κ2) is 4.80. The van der Waals surface area contributed by atoms with Crippen LogP contribution in [-0.2, 0) is 6.54 Å². The molecule has 1 heterocycles. The summed E-state index contributed by atoms with van der Waals surface area (Å²) in [6.45, 7) is 5.17. The lowest BCUT2D eigenvalue weighted by Crippen LogP contribution is -2.18. The zero-order valence-electron chi connectivity index (χ0n) is 10.5. The van der Waals surface area contributed by atoms with Gasteiger partial charge in [0.2, 0.25) is 0 Å². The van der Waals surface area contributed by atoms with E-state index in [0.717, 1.165) is 17.9 Å². The first-order valence-electron chi connectivity index (χ1n) is 5.69. The van der Waals surface area contributed by atoms with Crippen LogP contribution in [0.4, 0.5) is 11.4 Å². The number of benzene rings is 1. The smallest absolute Gasteiger partial charge is 0.0630 e. The van der Waals surface area contributed by atoms with Crippen molar-refractivity contribution in [3.63, 3.8) is 0 Å². The number of para-hydroxylation sites is 1. The van der Waals surface area contributed by atoms with Crippen molar-refractivity contribution < 1.29 is 0 Å². The maximum Gasteiger partial charge on any atom is 0.0630 e. The molecule has 0 radical (unpaired) electrons. The third-order valence-electron chi connectivity index (χ3n) is 3.00. The van der Waals surface area contributed by atoms with Crippen molar-refractivity contribution in [2.45, 2.75) is 20.4 Å². The first-order chi connectivity index (χ1) is 8.09. The molecule has 0 saturated carbocycles. The van der Waals surface area contributed by atoms with Crippen LogP contribution >= 0.6 is 11.3 Å². The number of nitrogens with zero attached hydrogens (tertiary/aromatic N) is 1. The Hall–Kier alpha value is -1.48. The van der Waals surface area contributed by atoms with Crippen molar-refractivity contribution in [3.8, 4) is 0 Å². The lowest BCUT2D eigenvalue weighted by Gasteiger charge is -2.23. The lowest BCUT2D eigenvalue weighted by molar-refractivity contribution is 0.929. The Morgan fingerprint density at radius 2 is 1.94 bits per heavy atom. The highest BCUT2D eigenvalue weighted by atomic mass is 32.1. The van der Waals surface area contributed by atoms with Crippen LogP contribution in [-0.4, -0.2) is 7.05 Å². The number of hydrogen-bond acceptors (Lipinski definition) is 3. The minimum absolute atomic E-state index is 0.849. The molecule has 0 aliphatic heterocycles. The fourth-order valence-electron chi connectivity index (χ4n) is 2.06. The molecule has 0 bridgehead atoms. The van der Waals surface area contributed by atoms with Crippen molar-refractivity contribution in [1.29, 1.82) is 0 Å². The Labute approximate surface area is 107 Å². The molecule has 2 N–H and O–H groups in total. The van der Waals surface area contributed by atoms with Gasteiger partial charge in [0.15, 0.2) is 0 Å². The normalized spacial score (nSPS) is 10.5. The molecule has 0 saturated heterocycles. The monoisotopic (exact) mass is 246 g/mol. The minimum Gasteiger partial charge on any atom is -0.397 e. The number of nitrogen functional groups attached to an aromatic ring is 1. The van der Waals surface area contributed by atoms with Crippen molar-refractivity contribution in [2.75, 3.05) is 17.7 Å². The molecule has 0 aliphatic rings. The van der Waals surface area contributed by atoms with Crippen LogP contribution in [0.15, 0.2) is 29.6 Å². The van der Waals surface area contributed by atoms with E-state index in [0.29, 0.717) is 0 Å². The van der Waals surface area contributed by atoms with Crippen LogP contribution < -0.4 is 10.6 Å². The first kappa shape index (κ1) is 12.0. The highest BCUT2D eigenvalue weighted by molar-refractivity contribution is 7.10. The van der Waals surface area contributed by atoms with Gasteiger partial charge in [0.1, 0.15) is 0 Å². The molecule has 0 fully saturated rings. The fourth-order valence-corrected chi connectivity index (χ4v) is 3.02. The number of nitrogens with two attached hydrogens (primary N) is 1. The van der Waals surface area contributed by atoms with Gasteiger partial charge in [-0.15, -0.1) is 11.3 Å². The van der Waals surface area contributed by atoms with Gasteiger partial charge < -0.3 is 10.6 Å². The molecule has 0 atom stereocenters. The molecule has 1 aromatic heterocycles. The SMILES string of the molecule is Cc1ccsc1CN(C)c1c(C)cccc1N. The molecular weight excluding hydrogens is 228 g/mol. The zero-order valence-corrected chi connectivity index (χ0v) is 11.3. The van der Waals surface area contributed by atoms with Gasteiger partial charge in [0, 0.05) is 11.9 Å². The summed E-state index contributed by atoms with van der Waals surface area (Å²) in [4.78, 5) is 3.62. The first-order valence-corrected chi connectivity index (χ1v) is 6.56. The molecule has 1 aromatic carbocycles. The van der Waals surface area contributed by atoms with Crippen molar-refractivity contribution in [1.82, 2.24) is 0 Å². The van der Waals surface area contributed by atoms with Gasteiger partial charge in [0.05, 0.1) is 17.9 Å². The van der Waals surface area contributed by atoms with E-state index >= 15 is 0 Å². The van der Waals surface area contributed by atoms with Gasteiger partial charge in [-0.05, 0) is 42.5 Å². The summed E-state index contributed by atoms with van der Waals surface area (Å²) in [6, 6.07) is 8.22. The van der Waals surface area contributed by atoms with Crippen LogP contribution in [0.25, 0.3) is 0 Å². The number of hydrogen-bond donors (Lipinski definition) is 1. The Balaban J connectivity index is 2.26. The van der Waals surface area contributed by atoms with Gasteiger partial charge in [-0.2, -0.15) is 0 Å². The maximum absolute atomic E-state index is 6.05. The highest BCUT2D eigenvalue weighted by Crippen LogP contribution is 2.28. The van der Waals surface area contributed by atoms with E-state index in [1.54, 1.807) is 11.3 Å². The van der Waals surface area contributed by atoms with E-state index in [1.807, 2.05) is 12.1 Å². The summed E-state index contributed by atoms with van der Waals surface area (Å²) in [5.74, 6) is 0. The van der Waals surface area contributed by atoms with Gasteiger partial charge in [0.25, 0.3) is 0 Å². The largest absolute Gasteiger partial charge is 0.397 e. The number of rotatable bonds is 3. The minimum atomic E-state index is 0.849. The summed E-state index contributed by atoms with van der Waals surface area (Å²) in [7, 11) is 2.10. The Kier molecular flexibility index (Phi) is 3.38. The second-order valence-corrected chi connectivity index (χ2v) is 5.40. The summed E-state index contributed by atoms with van der Waals surface area (Å²) >= 11 is 1.80. The zero-order chi connectivity index (χ0) is 12.4. The molecule has 2 nitrogen and oxygen atoms in total. The van der Waals surface area contributed by atoms with Crippen LogP contribution in [0.2, 0.25) is 0 Å². The van der Waals surface area contributed by atoms with Gasteiger partial charge in [-0.3, -0.25) is 0 Å². The maximum atomic E-state index is 6.05. The number of anilines is 2. The third-order valence-corrected chi connectivity index (χ3v) is 4.01. The van der Waals surface area contributed by atoms with Gasteiger partial charge in [-0.25, -0.2) is 0 Å². The average Bonchev–Trinajstić information content (AvgIpc) is 2.64. The standard InChI is InChI=1S/C14H18N2S/c1-10-7-8-17-13(10)9-16(3)14-11(2)5-4-6-12(14)15/h4-8H,9,15H2,1-3H3. The molecule has 17 heavy (non-hydrogen) atoms. The van der Waals surface area contributed by atoms with E-state index in [2.05, 4.69) is 43.3 Å². The van der Waals surface area contributed by atoms with Gasteiger partial charge >= 0.3 is 0 Å². The molecule has 2 rings (SSSR count).